The lowest BCUT2D eigenvalue weighted by Gasteiger charge is -2.03. The minimum absolute atomic E-state index is 0.330. The van der Waals surface area contributed by atoms with Gasteiger partial charge in [0.25, 0.3) is 0 Å². The molecule has 1 aromatic rings. The molecule has 0 bridgehead atoms. The van der Waals surface area contributed by atoms with Gasteiger partial charge in [-0.05, 0) is 23.6 Å². The van der Waals surface area contributed by atoms with Crippen molar-refractivity contribution in [2.24, 2.45) is 0 Å². The van der Waals surface area contributed by atoms with E-state index in [0.717, 1.165) is 12.8 Å². The lowest BCUT2D eigenvalue weighted by Crippen LogP contribution is -2.14. The van der Waals surface area contributed by atoms with E-state index in [2.05, 4.69) is 12.1 Å². The Kier molecular flexibility index (Phi) is 4.59. The number of rotatable bonds is 4. The molecule has 2 radical (unpaired) electrons. The number of hydrogen-bond acceptors (Lipinski definition) is 1. The summed E-state index contributed by atoms with van der Waals surface area (Å²) < 4.78 is 0. The van der Waals surface area contributed by atoms with Gasteiger partial charge in [-0.15, -0.1) is 0 Å². The van der Waals surface area contributed by atoms with Crippen LogP contribution in [0.1, 0.15) is 18.4 Å². The Labute approximate surface area is 85.9 Å². The number of unbranched alkanes of at least 4 members (excludes halogenated alkanes) is 1. The minimum Gasteiger partial charge on any atom is -0.198 e. The van der Waals surface area contributed by atoms with Gasteiger partial charge in [0, 0.05) is 6.42 Å². The van der Waals surface area contributed by atoms with Crippen molar-refractivity contribution in [3.05, 3.63) is 29.8 Å². The summed E-state index contributed by atoms with van der Waals surface area (Å²) in [5.41, 5.74) is 1.28. The van der Waals surface area contributed by atoms with Crippen molar-refractivity contribution in [3.8, 4) is 6.07 Å². The van der Waals surface area contributed by atoms with Gasteiger partial charge in [0.2, 0.25) is 8.83 Å². The van der Waals surface area contributed by atoms with E-state index in [4.69, 9.17) is 16.3 Å². The molecule has 66 valence electrons. The summed E-state index contributed by atoms with van der Waals surface area (Å²) in [5.74, 6) is 0. The highest BCUT2D eigenvalue weighted by Gasteiger charge is 2.00. The third kappa shape index (κ3) is 3.21. The molecular formula is C10H10ClNSi. The van der Waals surface area contributed by atoms with Crippen molar-refractivity contribution in [1.29, 1.82) is 5.26 Å². The van der Waals surface area contributed by atoms with Gasteiger partial charge in [0.05, 0.1) is 6.07 Å². The standard InChI is InChI=1S/C10H10ClNSi/c11-13-10-7-2-1-5-9(10)6-3-4-8-12/h1-2,5,7H,3-4,6H2. The fourth-order valence-electron chi connectivity index (χ4n) is 1.19. The number of aryl methyl sites for hydroxylation is 1. The molecule has 13 heavy (non-hydrogen) atoms. The van der Waals surface area contributed by atoms with E-state index in [1.807, 2.05) is 18.2 Å². The predicted octanol–water partition coefficient (Wildman–Crippen LogP) is 2.02. The molecule has 1 rings (SSSR count). The predicted molar refractivity (Wildman–Crippen MR) is 56.2 cm³/mol. The van der Waals surface area contributed by atoms with E-state index in [1.165, 1.54) is 10.8 Å². The second-order valence-electron chi connectivity index (χ2n) is 2.76. The zero-order valence-corrected chi connectivity index (χ0v) is 9.01. The molecule has 0 aliphatic heterocycles. The van der Waals surface area contributed by atoms with E-state index in [0.29, 0.717) is 15.3 Å². The van der Waals surface area contributed by atoms with Crippen molar-refractivity contribution in [2.45, 2.75) is 19.3 Å². The summed E-state index contributed by atoms with van der Waals surface area (Å²) in [6.45, 7) is 0. The van der Waals surface area contributed by atoms with Gasteiger partial charge in [0.1, 0.15) is 0 Å². The highest BCUT2D eigenvalue weighted by atomic mass is 35.6. The average molecular weight is 208 g/mol. The molecule has 0 aliphatic rings. The first-order chi connectivity index (χ1) is 6.38. The second-order valence-corrected chi connectivity index (χ2v) is 4.06. The summed E-state index contributed by atoms with van der Waals surface area (Å²) in [5, 5.41) is 9.61. The Bertz CT molecular complexity index is 306. The molecule has 0 spiro atoms. The summed E-state index contributed by atoms with van der Waals surface area (Å²) in [7, 11) is 0.330. The van der Waals surface area contributed by atoms with Crippen molar-refractivity contribution >= 4 is 25.1 Å². The highest BCUT2D eigenvalue weighted by molar-refractivity contribution is 7.01. The Morgan fingerprint density at radius 1 is 1.38 bits per heavy atom. The van der Waals surface area contributed by atoms with Crippen LogP contribution in [-0.4, -0.2) is 8.83 Å². The molecule has 0 N–H and O–H groups in total. The topological polar surface area (TPSA) is 23.8 Å². The quantitative estimate of drug-likeness (QED) is 0.421. The van der Waals surface area contributed by atoms with E-state index in [9.17, 15) is 0 Å². The maximum Gasteiger partial charge on any atom is 0.210 e. The Hall–Kier alpha value is -0.783. The number of nitriles is 1. The van der Waals surface area contributed by atoms with Crippen molar-refractivity contribution in [2.75, 3.05) is 0 Å². The Morgan fingerprint density at radius 3 is 2.85 bits per heavy atom. The Balaban J connectivity index is 2.60. The van der Waals surface area contributed by atoms with Crippen LogP contribution < -0.4 is 5.19 Å². The number of nitrogens with zero attached hydrogens (tertiary/aromatic N) is 1. The monoisotopic (exact) mass is 207 g/mol. The van der Waals surface area contributed by atoms with Crippen LogP contribution in [0.4, 0.5) is 0 Å². The first-order valence-electron chi connectivity index (χ1n) is 4.20. The maximum absolute atomic E-state index is 8.40. The van der Waals surface area contributed by atoms with Crippen molar-refractivity contribution in [3.63, 3.8) is 0 Å². The number of halogens is 1. The lowest BCUT2D eigenvalue weighted by molar-refractivity contribution is 0.854. The first kappa shape index (κ1) is 10.3. The van der Waals surface area contributed by atoms with E-state index in [-0.39, 0.29) is 0 Å². The van der Waals surface area contributed by atoms with Gasteiger partial charge in [-0.3, -0.25) is 0 Å². The van der Waals surface area contributed by atoms with Gasteiger partial charge in [-0.25, -0.2) is 0 Å². The largest absolute Gasteiger partial charge is 0.210 e. The first-order valence-corrected chi connectivity index (χ1v) is 6.21. The molecule has 0 saturated heterocycles. The summed E-state index contributed by atoms with van der Waals surface area (Å²) in [6, 6.07) is 10.3. The van der Waals surface area contributed by atoms with Crippen LogP contribution in [0.5, 0.6) is 0 Å². The third-order valence-electron chi connectivity index (χ3n) is 1.85. The normalized spacial score (nSPS) is 9.54. The van der Waals surface area contributed by atoms with Crippen LogP contribution in [0, 0.1) is 11.3 Å². The van der Waals surface area contributed by atoms with Gasteiger partial charge in [-0.1, -0.05) is 24.3 Å². The molecule has 0 unspecified atom stereocenters. The fourth-order valence-corrected chi connectivity index (χ4v) is 2.23. The summed E-state index contributed by atoms with van der Waals surface area (Å²) in [4.78, 5) is 0. The number of hydrogen-bond donors (Lipinski definition) is 0. The van der Waals surface area contributed by atoms with Crippen LogP contribution in [-0.2, 0) is 6.42 Å². The number of benzene rings is 1. The minimum atomic E-state index is 0.330. The Morgan fingerprint density at radius 2 is 2.15 bits per heavy atom. The van der Waals surface area contributed by atoms with Crippen molar-refractivity contribution in [1.82, 2.24) is 0 Å². The lowest BCUT2D eigenvalue weighted by atomic mass is 10.1. The van der Waals surface area contributed by atoms with E-state index in [1.54, 1.807) is 0 Å². The van der Waals surface area contributed by atoms with Crippen LogP contribution in [0.15, 0.2) is 24.3 Å². The van der Waals surface area contributed by atoms with Gasteiger partial charge in [-0.2, -0.15) is 16.3 Å². The molecule has 0 fully saturated rings. The van der Waals surface area contributed by atoms with Crippen LogP contribution >= 0.6 is 11.1 Å². The zero-order chi connectivity index (χ0) is 9.52. The van der Waals surface area contributed by atoms with Crippen LogP contribution in [0.3, 0.4) is 0 Å². The fraction of sp³-hybridized carbons (Fsp3) is 0.300. The SMILES string of the molecule is N#CCCCc1ccccc1[Si]Cl. The molecule has 0 aromatic heterocycles. The molecule has 1 aromatic carbocycles. The molecule has 0 saturated carbocycles. The van der Waals surface area contributed by atoms with Crippen molar-refractivity contribution < 1.29 is 0 Å². The van der Waals surface area contributed by atoms with E-state index < -0.39 is 0 Å². The third-order valence-corrected chi connectivity index (χ3v) is 3.16. The molecule has 0 aliphatic carbocycles. The maximum atomic E-state index is 8.40. The molecule has 0 heterocycles. The molecule has 0 atom stereocenters. The summed E-state index contributed by atoms with van der Waals surface area (Å²) >= 11 is 5.81. The highest BCUT2D eigenvalue weighted by Crippen LogP contribution is 2.02. The van der Waals surface area contributed by atoms with Gasteiger partial charge in [0.15, 0.2) is 0 Å². The summed E-state index contributed by atoms with van der Waals surface area (Å²) in [6.07, 6.45) is 2.51. The smallest absolute Gasteiger partial charge is 0.198 e. The molecule has 3 heteroatoms. The van der Waals surface area contributed by atoms with Crippen LogP contribution in [0.2, 0.25) is 0 Å². The van der Waals surface area contributed by atoms with Crippen LogP contribution in [0.25, 0.3) is 0 Å². The molecular weight excluding hydrogens is 198 g/mol. The van der Waals surface area contributed by atoms with E-state index >= 15 is 0 Å². The molecule has 0 amide bonds. The van der Waals surface area contributed by atoms with Gasteiger partial charge < -0.3 is 0 Å². The molecule has 1 nitrogen and oxygen atoms in total. The second kappa shape index (κ2) is 5.79. The average Bonchev–Trinajstić information content (AvgIpc) is 2.19. The zero-order valence-electron chi connectivity index (χ0n) is 7.26. The van der Waals surface area contributed by atoms with Gasteiger partial charge >= 0.3 is 0 Å².